The molecule has 0 spiro atoms. The summed E-state index contributed by atoms with van der Waals surface area (Å²) < 4.78 is 6.77. The van der Waals surface area contributed by atoms with E-state index >= 15 is 0 Å². The number of rotatable bonds is 24. The maximum absolute atomic E-state index is 13.5. The van der Waals surface area contributed by atoms with E-state index in [-0.39, 0.29) is 40.7 Å². The van der Waals surface area contributed by atoms with Crippen molar-refractivity contribution in [3.8, 4) is 0 Å². The molecule has 1 aromatic heterocycles. The number of nitrogens with one attached hydrogen (secondary N) is 2. The average molecular weight is 682 g/mol. The van der Waals surface area contributed by atoms with Crippen molar-refractivity contribution in [1.82, 2.24) is 19.9 Å². The molecule has 0 radical (unpaired) electrons. The van der Waals surface area contributed by atoms with Crippen molar-refractivity contribution < 1.29 is 19.1 Å². The predicted molar refractivity (Wildman–Crippen MR) is 194 cm³/mol. The van der Waals surface area contributed by atoms with Crippen LogP contribution in [0, 0.1) is 0 Å². The maximum Gasteiger partial charge on any atom is 0.352 e. The number of unbranched alkanes of at least 4 members (excludes halogenated alkanes) is 14. The number of aromatic nitrogens is 3. The number of nitrogens with zero attached hydrogens (tertiary/aromatic N) is 3. The Balaban J connectivity index is 1.49. The van der Waals surface area contributed by atoms with Gasteiger partial charge in [0.15, 0.2) is 11.0 Å². The van der Waals surface area contributed by atoms with Crippen LogP contribution in [0.5, 0.6) is 0 Å². The Morgan fingerprint density at radius 3 is 2.06 bits per heavy atom. The Hall–Kier alpha value is -3.47. The average Bonchev–Trinajstić information content (AvgIpc) is 3.45. The van der Waals surface area contributed by atoms with Gasteiger partial charge in [0.05, 0.1) is 24.5 Å². The third-order valence-corrected chi connectivity index (χ3v) is 9.23. The molecule has 0 saturated carbocycles. The van der Waals surface area contributed by atoms with Crippen molar-refractivity contribution in [2.75, 3.05) is 24.2 Å². The second-order valence-electron chi connectivity index (χ2n) is 12.5. The van der Waals surface area contributed by atoms with Crippen LogP contribution >= 0.6 is 11.8 Å². The molecule has 1 aliphatic heterocycles. The number of carbonyl (C=O) groups excluding carboxylic acids is 3. The highest BCUT2D eigenvalue weighted by Gasteiger charge is 2.32. The quantitative estimate of drug-likeness (QED) is 0.0660. The monoisotopic (exact) mass is 681 g/mol. The molecule has 0 bridgehead atoms. The minimum absolute atomic E-state index is 0.0402. The lowest BCUT2D eigenvalue weighted by molar-refractivity contribution is -0.140. The number of allylic oxidation sites excluding steroid dienone is 1. The first-order valence-electron chi connectivity index (χ1n) is 18.0. The molecule has 2 heterocycles. The number of esters is 1. The van der Waals surface area contributed by atoms with Gasteiger partial charge >= 0.3 is 11.7 Å². The lowest BCUT2D eigenvalue weighted by Gasteiger charge is -2.12. The van der Waals surface area contributed by atoms with E-state index in [1.54, 1.807) is 18.2 Å². The second-order valence-corrected chi connectivity index (χ2v) is 13.4. The fourth-order valence-electron chi connectivity index (χ4n) is 5.80. The Labute approximate surface area is 290 Å². The number of hydrogen-bond donors (Lipinski definition) is 2. The molecule has 3 rings (SSSR count). The molecule has 0 atom stereocenters. The number of benzene rings is 1. The van der Waals surface area contributed by atoms with Crippen molar-refractivity contribution in [1.29, 1.82) is 0 Å². The zero-order valence-corrected chi connectivity index (χ0v) is 30.1. The number of para-hydroxylation sites is 1. The SMILES string of the molecule is CCCCCCCCCCCCCCCCOC(=O)CSc1nc2n(c(=O)n1)CC(c1ccccc1NC(C)=O)=C2C(=O)NCCCC. The van der Waals surface area contributed by atoms with Gasteiger partial charge in [-0.15, -0.1) is 0 Å². The number of fused-ring (bicyclic) bond motifs is 1. The number of anilines is 1. The van der Waals surface area contributed by atoms with Crippen LogP contribution in [0.3, 0.4) is 0 Å². The van der Waals surface area contributed by atoms with Crippen LogP contribution in [0.2, 0.25) is 0 Å². The molecule has 2 N–H and O–H groups in total. The zero-order valence-electron chi connectivity index (χ0n) is 29.2. The highest BCUT2D eigenvalue weighted by Crippen LogP contribution is 2.36. The van der Waals surface area contributed by atoms with Crippen LogP contribution in [0.4, 0.5) is 5.69 Å². The summed E-state index contributed by atoms with van der Waals surface area (Å²) in [5, 5.41) is 5.85. The van der Waals surface area contributed by atoms with Gasteiger partial charge < -0.3 is 15.4 Å². The van der Waals surface area contributed by atoms with Gasteiger partial charge in [-0.1, -0.05) is 134 Å². The Bertz CT molecular complexity index is 1420. The van der Waals surface area contributed by atoms with Gasteiger partial charge in [0.25, 0.3) is 5.91 Å². The van der Waals surface area contributed by atoms with Crippen LogP contribution in [0.1, 0.15) is 135 Å². The summed E-state index contributed by atoms with van der Waals surface area (Å²) in [6, 6.07) is 7.15. The van der Waals surface area contributed by atoms with Crippen LogP contribution in [0.25, 0.3) is 11.1 Å². The fraction of sp³-hybridized carbons (Fsp3) is 0.622. The summed E-state index contributed by atoms with van der Waals surface area (Å²) in [5.41, 5.74) is 1.41. The van der Waals surface area contributed by atoms with Gasteiger partial charge in [-0.25, -0.2) is 9.78 Å². The van der Waals surface area contributed by atoms with E-state index in [0.29, 0.717) is 30.0 Å². The molecular formula is C37H55N5O5S. The van der Waals surface area contributed by atoms with Crippen molar-refractivity contribution in [3.05, 3.63) is 46.1 Å². The molecule has 2 aromatic rings. The smallest absolute Gasteiger partial charge is 0.352 e. The zero-order chi connectivity index (χ0) is 34.6. The van der Waals surface area contributed by atoms with Gasteiger partial charge in [-0.05, 0) is 24.5 Å². The fourth-order valence-corrected chi connectivity index (χ4v) is 6.42. The third kappa shape index (κ3) is 13.2. The standard InChI is InChI=1S/C37H55N5O5S/c1-4-6-8-9-10-11-12-13-14-15-16-17-18-21-25-47-32(44)27-48-36-40-34-33(35(45)38-24-7-5-2)30(26-42(34)37(46)41-36)29-22-19-20-23-31(29)39-28(3)43/h19-20,22-23H,4-18,21,24-27H2,1-3H3,(H,38,45)(H,39,43). The first-order valence-corrected chi connectivity index (χ1v) is 19.0. The number of amides is 2. The van der Waals surface area contributed by atoms with E-state index in [1.807, 2.05) is 13.0 Å². The summed E-state index contributed by atoms with van der Waals surface area (Å²) in [6.07, 6.45) is 19.4. The van der Waals surface area contributed by atoms with Crippen LogP contribution in [-0.4, -0.2) is 51.2 Å². The Kier molecular flexibility index (Phi) is 18.0. The van der Waals surface area contributed by atoms with Crippen LogP contribution in [0.15, 0.2) is 34.2 Å². The molecule has 48 heavy (non-hydrogen) atoms. The Morgan fingerprint density at radius 1 is 0.833 bits per heavy atom. The highest BCUT2D eigenvalue weighted by molar-refractivity contribution is 7.99. The van der Waals surface area contributed by atoms with E-state index in [0.717, 1.165) is 43.9 Å². The normalized spacial score (nSPS) is 12.2. The molecule has 11 heteroatoms. The first kappa shape index (κ1) is 39.0. The molecular weight excluding hydrogens is 627 g/mol. The van der Waals surface area contributed by atoms with E-state index in [9.17, 15) is 19.2 Å². The summed E-state index contributed by atoms with van der Waals surface area (Å²) in [5.74, 6) is -0.850. The molecule has 1 aliphatic rings. The van der Waals surface area contributed by atoms with Crippen molar-refractivity contribution in [2.45, 2.75) is 135 Å². The molecule has 264 valence electrons. The number of hydrogen-bond acceptors (Lipinski definition) is 8. The summed E-state index contributed by atoms with van der Waals surface area (Å²) in [4.78, 5) is 59.6. The van der Waals surface area contributed by atoms with Crippen LogP contribution < -0.4 is 16.3 Å². The Morgan fingerprint density at radius 2 is 1.44 bits per heavy atom. The lowest BCUT2D eigenvalue weighted by atomic mass is 9.99. The van der Waals surface area contributed by atoms with E-state index in [4.69, 9.17) is 4.74 Å². The van der Waals surface area contributed by atoms with Crippen molar-refractivity contribution >= 4 is 46.4 Å². The van der Waals surface area contributed by atoms with E-state index < -0.39 is 11.7 Å². The minimum atomic E-state index is -0.566. The van der Waals surface area contributed by atoms with E-state index in [1.165, 1.54) is 82.1 Å². The molecule has 0 saturated heterocycles. The second kappa shape index (κ2) is 22.2. The van der Waals surface area contributed by atoms with Gasteiger partial charge in [-0.2, -0.15) is 4.98 Å². The highest BCUT2D eigenvalue weighted by atomic mass is 32.2. The van der Waals surface area contributed by atoms with Crippen LogP contribution in [-0.2, 0) is 25.7 Å². The molecule has 10 nitrogen and oxygen atoms in total. The van der Waals surface area contributed by atoms with Gasteiger partial charge in [0.2, 0.25) is 5.91 Å². The largest absolute Gasteiger partial charge is 0.465 e. The summed E-state index contributed by atoms with van der Waals surface area (Å²) in [7, 11) is 0. The van der Waals surface area contributed by atoms with Gasteiger partial charge in [0, 0.05) is 24.7 Å². The van der Waals surface area contributed by atoms with Gasteiger partial charge in [-0.3, -0.25) is 19.0 Å². The number of thioether (sulfide) groups is 1. The molecule has 2 amide bonds. The molecule has 1 aromatic carbocycles. The summed E-state index contributed by atoms with van der Waals surface area (Å²) in [6.45, 7) is 6.62. The molecule has 0 aliphatic carbocycles. The predicted octanol–water partition coefficient (Wildman–Crippen LogP) is 7.55. The number of ether oxygens (including phenoxy) is 1. The van der Waals surface area contributed by atoms with Crippen molar-refractivity contribution in [2.24, 2.45) is 0 Å². The third-order valence-electron chi connectivity index (χ3n) is 8.41. The summed E-state index contributed by atoms with van der Waals surface area (Å²) >= 11 is 1.02. The minimum Gasteiger partial charge on any atom is -0.465 e. The molecule has 0 fully saturated rings. The number of carbonyl (C=O) groups is 3. The maximum atomic E-state index is 13.5. The van der Waals surface area contributed by atoms with E-state index in [2.05, 4.69) is 27.5 Å². The lowest BCUT2D eigenvalue weighted by Crippen LogP contribution is -2.29. The molecule has 0 unspecified atom stereocenters. The van der Waals surface area contributed by atoms with Gasteiger partial charge in [0.1, 0.15) is 0 Å². The van der Waals surface area contributed by atoms with Crippen molar-refractivity contribution in [3.63, 3.8) is 0 Å². The first-order chi connectivity index (χ1) is 23.3. The topological polar surface area (TPSA) is 132 Å².